The summed E-state index contributed by atoms with van der Waals surface area (Å²) in [7, 11) is 0. The summed E-state index contributed by atoms with van der Waals surface area (Å²) in [4.78, 5) is 14.2. The van der Waals surface area contributed by atoms with Crippen LogP contribution in [-0.4, -0.2) is 12.5 Å². The van der Waals surface area contributed by atoms with Gasteiger partial charge in [-0.15, -0.1) is 11.3 Å². The Balaban J connectivity index is 1.95. The fourth-order valence-corrected chi connectivity index (χ4v) is 3.25. The average molecular weight is 287 g/mol. The lowest BCUT2D eigenvalue weighted by molar-refractivity contribution is 0.0955. The smallest absolute Gasteiger partial charge is 0.261 e. The van der Waals surface area contributed by atoms with E-state index in [0.717, 1.165) is 11.3 Å². The van der Waals surface area contributed by atoms with Crippen LogP contribution in [0.1, 0.15) is 45.4 Å². The molecule has 1 N–H and O–H groups in total. The molecule has 3 heteroatoms. The molecule has 1 atom stereocenters. The van der Waals surface area contributed by atoms with Gasteiger partial charge in [0.25, 0.3) is 5.91 Å². The van der Waals surface area contributed by atoms with Gasteiger partial charge in [-0.3, -0.25) is 4.79 Å². The first-order valence-corrected chi connectivity index (χ1v) is 7.86. The van der Waals surface area contributed by atoms with Gasteiger partial charge in [0.1, 0.15) is 0 Å². The molecule has 0 saturated heterocycles. The molecule has 0 aliphatic rings. The monoisotopic (exact) mass is 287 g/mol. The second-order valence-electron chi connectivity index (χ2n) is 5.07. The van der Waals surface area contributed by atoms with Gasteiger partial charge in [-0.2, -0.15) is 0 Å². The lowest BCUT2D eigenvalue weighted by Crippen LogP contribution is -2.26. The van der Waals surface area contributed by atoms with Crippen molar-refractivity contribution in [2.45, 2.75) is 33.1 Å². The maximum absolute atomic E-state index is 12.2. The van der Waals surface area contributed by atoms with Crippen molar-refractivity contribution in [1.82, 2.24) is 5.32 Å². The molecule has 106 valence electrons. The zero-order chi connectivity index (χ0) is 14.5. The number of carbonyl (C=O) groups excluding carboxylic acids is 1. The normalized spacial score (nSPS) is 12.2. The molecule has 0 fully saturated rings. The molecule has 20 heavy (non-hydrogen) atoms. The molecule has 0 aliphatic carbocycles. The van der Waals surface area contributed by atoms with Gasteiger partial charge < -0.3 is 5.32 Å². The third-order valence-electron chi connectivity index (χ3n) is 3.56. The molecule has 2 aromatic rings. The van der Waals surface area contributed by atoms with Crippen LogP contribution in [0.15, 0.2) is 36.4 Å². The zero-order valence-corrected chi connectivity index (χ0v) is 13.1. The second kappa shape index (κ2) is 6.71. The molecule has 0 aliphatic heterocycles. The number of rotatable bonds is 5. The largest absolute Gasteiger partial charge is 0.351 e. The van der Waals surface area contributed by atoms with Crippen LogP contribution < -0.4 is 5.32 Å². The lowest BCUT2D eigenvalue weighted by atomic mass is 10.0. The maximum Gasteiger partial charge on any atom is 0.261 e. The Kier molecular flexibility index (Phi) is 4.96. The van der Waals surface area contributed by atoms with E-state index in [4.69, 9.17) is 0 Å². The van der Waals surface area contributed by atoms with Crippen molar-refractivity contribution in [3.05, 3.63) is 57.3 Å². The molecule has 1 amide bonds. The molecular weight excluding hydrogens is 266 g/mol. The lowest BCUT2D eigenvalue weighted by Gasteiger charge is -2.12. The minimum absolute atomic E-state index is 0.0422. The first-order chi connectivity index (χ1) is 9.61. The van der Waals surface area contributed by atoms with Gasteiger partial charge in [0.05, 0.1) is 4.88 Å². The highest BCUT2D eigenvalue weighted by molar-refractivity contribution is 7.14. The molecule has 1 heterocycles. The van der Waals surface area contributed by atoms with E-state index in [-0.39, 0.29) is 5.91 Å². The fraction of sp³-hybridized carbons (Fsp3) is 0.353. The van der Waals surface area contributed by atoms with Crippen molar-refractivity contribution >= 4 is 17.2 Å². The number of carbonyl (C=O) groups is 1. The van der Waals surface area contributed by atoms with E-state index >= 15 is 0 Å². The summed E-state index contributed by atoms with van der Waals surface area (Å²) in [6, 6.07) is 12.3. The molecule has 1 unspecified atom stereocenters. The standard InChI is InChI=1S/C17H21NOS/c1-4-14-10-16(20-13(14)3)17(19)18-11-12(2)15-8-6-5-7-9-15/h5-10,12H,4,11H2,1-3H3,(H,18,19). The molecule has 0 radical (unpaired) electrons. The number of benzene rings is 1. The number of thiophene rings is 1. The van der Waals surface area contributed by atoms with E-state index in [1.807, 2.05) is 24.3 Å². The summed E-state index contributed by atoms with van der Waals surface area (Å²) in [6.07, 6.45) is 0.982. The average Bonchev–Trinajstić information content (AvgIpc) is 2.86. The first-order valence-electron chi connectivity index (χ1n) is 7.04. The molecule has 0 saturated carbocycles. The van der Waals surface area contributed by atoms with E-state index in [0.29, 0.717) is 12.5 Å². The van der Waals surface area contributed by atoms with Gasteiger partial charge in [-0.05, 0) is 36.5 Å². The Morgan fingerprint density at radius 3 is 2.60 bits per heavy atom. The van der Waals surface area contributed by atoms with E-state index in [2.05, 4.69) is 38.2 Å². The van der Waals surface area contributed by atoms with E-state index in [9.17, 15) is 4.79 Å². The number of amides is 1. The topological polar surface area (TPSA) is 29.1 Å². The van der Waals surface area contributed by atoms with Crippen LogP contribution in [0, 0.1) is 6.92 Å². The summed E-state index contributed by atoms with van der Waals surface area (Å²) in [5.41, 5.74) is 2.53. The second-order valence-corrected chi connectivity index (χ2v) is 6.32. The van der Waals surface area contributed by atoms with Crippen molar-refractivity contribution in [2.24, 2.45) is 0 Å². The number of hydrogen-bond acceptors (Lipinski definition) is 2. The maximum atomic E-state index is 12.2. The van der Waals surface area contributed by atoms with Crippen molar-refractivity contribution < 1.29 is 4.79 Å². The fourth-order valence-electron chi connectivity index (χ4n) is 2.22. The van der Waals surface area contributed by atoms with E-state index in [1.165, 1.54) is 16.0 Å². The van der Waals surface area contributed by atoms with Gasteiger partial charge in [0.15, 0.2) is 0 Å². The summed E-state index contributed by atoms with van der Waals surface area (Å²) in [5.74, 6) is 0.368. The van der Waals surface area contributed by atoms with Crippen LogP contribution in [0.5, 0.6) is 0 Å². The molecule has 2 nitrogen and oxygen atoms in total. The summed E-state index contributed by atoms with van der Waals surface area (Å²) >= 11 is 1.58. The highest BCUT2D eigenvalue weighted by Crippen LogP contribution is 2.22. The van der Waals surface area contributed by atoms with Crippen molar-refractivity contribution in [3.63, 3.8) is 0 Å². The van der Waals surface area contributed by atoms with Gasteiger partial charge in [0, 0.05) is 11.4 Å². The Bertz CT molecular complexity index is 574. The Labute approximate surface area is 124 Å². The van der Waals surface area contributed by atoms with Gasteiger partial charge in [0.2, 0.25) is 0 Å². The molecule has 1 aromatic carbocycles. The molecular formula is C17H21NOS. The molecule has 2 rings (SSSR count). The van der Waals surface area contributed by atoms with Gasteiger partial charge in [-0.25, -0.2) is 0 Å². The Hall–Kier alpha value is -1.61. The summed E-state index contributed by atoms with van der Waals surface area (Å²) in [6.45, 7) is 7.00. The van der Waals surface area contributed by atoms with Crippen LogP contribution in [0.25, 0.3) is 0 Å². The quantitative estimate of drug-likeness (QED) is 0.879. The Morgan fingerprint density at radius 1 is 1.30 bits per heavy atom. The van der Waals surface area contributed by atoms with Crippen LogP contribution in [0.4, 0.5) is 0 Å². The predicted molar refractivity (Wildman–Crippen MR) is 85.6 cm³/mol. The number of aryl methyl sites for hydroxylation is 2. The minimum atomic E-state index is 0.0422. The summed E-state index contributed by atoms with van der Waals surface area (Å²) < 4.78 is 0. The van der Waals surface area contributed by atoms with Crippen molar-refractivity contribution in [3.8, 4) is 0 Å². The van der Waals surface area contributed by atoms with Crippen molar-refractivity contribution in [1.29, 1.82) is 0 Å². The SMILES string of the molecule is CCc1cc(C(=O)NCC(C)c2ccccc2)sc1C. The van der Waals surface area contributed by atoms with Crippen LogP contribution in [0.3, 0.4) is 0 Å². The van der Waals surface area contributed by atoms with Crippen LogP contribution >= 0.6 is 11.3 Å². The molecule has 0 bridgehead atoms. The third kappa shape index (κ3) is 3.48. The summed E-state index contributed by atoms with van der Waals surface area (Å²) in [5, 5.41) is 3.03. The van der Waals surface area contributed by atoms with Gasteiger partial charge in [-0.1, -0.05) is 44.2 Å². The first kappa shape index (κ1) is 14.8. The number of nitrogens with one attached hydrogen (secondary N) is 1. The Morgan fingerprint density at radius 2 is 2.00 bits per heavy atom. The van der Waals surface area contributed by atoms with Gasteiger partial charge >= 0.3 is 0 Å². The predicted octanol–water partition coefficient (Wildman–Crippen LogP) is 4.15. The molecule has 1 aromatic heterocycles. The third-order valence-corrected chi connectivity index (χ3v) is 4.65. The highest BCUT2D eigenvalue weighted by Gasteiger charge is 2.13. The van der Waals surface area contributed by atoms with E-state index in [1.54, 1.807) is 11.3 Å². The zero-order valence-electron chi connectivity index (χ0n) is 12.3. The minimum Gasteiger partial charge on any atom is -0.351 e. The molecule has 0 spiro atoms. The highest BCUT2D eigenvalue weighted by atomic mass is 32.1. The van der Waals surface area contributed by atoms with Crippen LogP contribution in [-0.2, 0) is 6.42 Å². The van der Waals surface area contributed by atoms with Crippen molar-refractivity contribution in [2.75, 3.05) is 6.54 Å². The van der Waals surface area contributed by atoms with E-state index < -0.39 is 0 Å². The van der Waals surface area contributed by atoms with Crippen LogP contribution in [0.2, 0.25) is 0 Å². The number of hydrogen-bond donors (Lipinski definition) is 1.